The van der Waals surface area contributed by atoms with E-state index in [1.807, 2.05) is 30.3 Å². The van der Waals surface area contributed by atoms with Gasteiger partial charge in [-0.15, -0.1) is 0 Å². The van der Waals surface area contributed by atoms with Crippen molar-refractivity contribution < 1.29 is 23.7 Å². The minimum absolute atomic E-state index is 0.110. The summed E-state index contributed by atoms with van der Waals surface area (Å²) in [6.07, 6.45) is 3.20. The molecule has 0 fully saturated rings. The van der Waals surface area contributed by atoms with Gasteiger partial charge in [0.2, 0.25) is 0 Å². The maximum atomic E-state index is 12.3. The number of benzene rings is 3. The second kappa shape index (κ2) is 14.6. The molecule has 0 heterocycles. The number of phenols is 3. The maximum absolute atomic E-state index is 12.3. The van der Waals surface area contributed by atoms with Gasteiger partial charge in [-0.05, 0) is 86.6 Å². The third kappa shape index (κ3) is 10.1. The molecule has 3 rings (SSSR count). The predicted molar refractivity (Wildman–Crippen MR) is 148 cm³/mol. The largest absolute Gasteiger partial charge is 0.508 e. The van der Waals surface area contributed by atoms with Crippen LogP contribution in [0.1, 0.15) is 28.7 Å². The Morgan fingerprint density at radius 2 is 1.38 bits per heavy atom. The molecule has 7 nitrogen and oxygen atoms in total. The lowest BCUT2D eigenvalue weighted by Crippen LogP contribution is -2.27. The van der Waals surface area contributed by atoms with E-state index >= 15 is 0 Å². The number of nitrogens with one attached hydrogen (secondary N) is 2. The van der Waals surface area contributed by atoms with E-state index in [1.165, 1.54) is 11.6 Å². The normalized spacial score (nSPS) is 11.6. The van der Waals surface area contributed by atoms with Gasteiger partial charge in [-0.25, -0.2) is 8.42 Å². The van der Waals surface area contributed by atoms with Gasteiger partial charge in [0, 0.05) is 12.1 Å². The molecule has 0 saturated heterocycles. The van der Waals surface area contributed by atoms with Crippen molar-refractivity contribution in [1.82, 2.24) is 10.6 Å². The average Bonchev–Trinajstić information content (AvgIpc) is 2.88. The summed E-state index contributed by atoms with van der Waals surface area (Å²) in [6, 6.07) is 20.4. The molecule has 0 unspecified atom stereocenters. The molecule has 37 heavy (non-hydrogen) atoms. The van der Waals surface area contributed by atoms with Gasteiger partial charge in [-0.2, -0.15) is 0 Å². The highest BCUT2D eigenvalue weighted by Crippen LogP contribution is 2.32. The van der Waals surface area contributed by atoms with Crippen LogP contribution in [0.2, 0.25) is 0 Å². The molecule has 0 aliphatic heterocycles. The topological polar surface area (TPSA) is 119 Å². The Labute approximate surface area is 220 Å². The lowest BCUT2D eigenvalue weighted by molar-refractivity contribution is 0.398. The standard InChI is InChI=1S/C29H38N2O5S/c32-26-9-4-8-24(22-26)10-12-27-25(11-13-28(33)29(27)34)15-18-30-16-5-20-37(35,36)21-19-31-17-14-23-6-2-1-3-7-23/h1-4,6-9,11,13,22,30-34H,5,10,12,14-21H2. The smallest absolute Gasteiger partial charge is 0.160 e. The van der Waals surface area contributed by atoms with Crippen LogP contribution in [0.15, 0.2) is 66.7 Å². The summed E-state index contributed by atoms with van der Waals surface area (Å²) in [5.41, 5.74) is 3.79. The fourth-order valence-corrected chi connectivity index (χ4v) is 5.50. The fourth-order valence-electron chi connectivity index (χ4n) is 4.26. The van der Waals surface area contributed by atoms with Crippen molar-refractivity contribution in [2.45, 2.75) is 32.1 Å². The molecule has 200 valence electrons. The summed E-state index contributed by atoms with van der Waals surface area (Å²) in [6.45, 7) is 2.43. The summed E-state index contributed by atoms with van der Waals surface area (Å²) >= 11 is 0. The van der Waals surface area contributed by atoms with Gasteiger partial charge in [0.05, 0.1) is 11.5 Å². The molecule has 0 aliphatic carbocycles. The first-order chi connectivity index (χ1) is 17.8. The minimum atomic E-state index is -3.10. The van der Waals surface area contributed by atoms with Crippen LogP contribution in [0.5, 0.6) is 17.2 Å². The first-order valence-electron chi connectivity index (χ1n) is 12.8. The third-order valence-corrected chi connectivity index (χ3v) is 8.07. The number of aryl methyl sites for hydroxylation is 1. The SMILES string of the molecule is O=S(=O)(CCCNCCc1ccc(O)c(O)c1CCc1cccc(O)c1)CCNCCc1ccccc1. The molecule has 0 aliphatic rings. The molecule has 0 bridgehead atoms. The summed E-state index contributed by atoms with van der Waals surface area (Å²) in [7, 11) is -3.10. The van der Waals surface area contributed by atoms with Crippen LogP contribution >= 0.6 is 0 Å². The Balaban J connectivity index is 1.34. The molecule has 0 atom stereocenters. The van der Waals surface area contributed by atoms with Crippen molar-refractivity contribution in [1.29, 1.82) is 0 Å². The van der Waals surface area contributed by atoms with E-state index in [2.05, 4.69) is 22.8 Å². The quantitative estimate of drug-likeness (QED) is 0.143. The molecule has 3 aromatic rings. The van der Waals surface area contributed by atoms with Gasteiger partial charge >= 0.3 is 0 Å². The average molecular weight is 527 g/mol. The molecule has 0 amide bonds. The second-order valence-corrected chi connectivity index (χ2v) is 11.5. The van der Waals surface area contributed by atoms with E-state index in [1.54, 1.807) is 18.2 Å². The van der Waals surface area contributed by atoms with Gasteiger partial charge < -0.3 is 26.0 Å². The predicted octanol–water partition coefficient (Wildman–Crippen LogP) is 3.36. The van der Waals surface area contributed by atoms with Gasteiger partial charge in [0.15, 0.2) is 21.3 Å². The van der Waals surface area contributed by atoms with Crippen LogP contribution in [0.3, 0.4) is 0 Å². The van der Waals surface area contributed by atoms with Crippen LogP contribution in [-0.4, -0.2) is 61.4 Å². The van der Waals surface area contributed by atoms with E-state index in [9.17, 15) is 23.7 Å². The molecular formula is C29H38N2O5S. The molecule has 0 aromatic heterocycles. The Kier molecular flexibility index (Phi) is 11.3. The molecule has 0 radical (unpaired) electrons. The summed E-state index contributed by atoms with van der Waals surface area (Å²) in [4.78, 5) is 0. The molecule has 8 heteroatoms. The number of rotatable bonds is 16. The highest BCUT2D eigenvalue weighted by atomic mass is 32.2. The van der Waals surface area contributed by atoms with Crippen LogP contribution in [-0.2, 0) is 35.5 Å². The van der Waals surface area contributed by atoms with Crippen LogP contribution in [0.4, 0.5) is 0 Å². The number of hydrogen-bond acceptors (Lipinski definition) is 7. The number of sulfone groups is 1. The van der Waals surface area contributed by atoms with Gasteiger partial charge in [-0.1, -0.05) is 48.5 Å². The van der Waals surface area contributed by atoms with E-state index < -0.39 is 9.84 Å². The zero-order chi connectivity index (χ0) is 26.5. The fraction of sp³-hybridized carbons (Fsp3) is 0.379. The highest BCUT2D eigenvalue weighted by Gasteiger charge is 2.13. The molecule has 5 N–H and O–H groups in total. The van der Waals surface area contributed by atoms with Crippen LogP contribution in [0, 0.1) is 0 Å². The first-order valence-corrected chi connectivity index (χ1v) is 14.6. The molecule has 3 aromatic carbocycles. The number of hydrogen-bond donors (Lipinski definition) is 5. The van der Waals surface area contributed by atoms with Crippen LogP contribution < -0.4 is 10.6 Å². The molecule has 0 spiro atoms. The lowest BCUT2D eigenvalue weighted by Gasteiger charge is -2.14. The lowest BCUT2D eigenvalue weighted by atomic mass is 9.96. The first kappa shape index (κ1) is 28.5. The van der Waals surface area contributed by atoms with E-state index in [0.29, 0.717) is 50.9 Å². The van der Waals surface area contributed by atoms with Crippen molar-refractivity contribution >= 4 is 9.84 Å². The zero-order valence-corrected chi connectivity index (χ0v) is 22.0. The highest BCUT2D eigenvalue weighted by molar-refractivity contribution is 7.91. The van der Waals surface area contributed by atoms with Crippen molar-refractivity contribution in [3.63, 3.8) is 0 Å². The third-order valence-electron chi connectivity index (χ3n) is 6.34. The van der Waals surface area contributed by atoms with Gasteiger partial charge in [0.1, 0.15) is 5.75 Å². The van der Waals surface area contributed by atoms with E-state index in [0.717, 1.165) is 24.1 Å². The summed E-state index contributed by atoms with van der Waals surface area (Å²) in [5.74, 6) is 0.221. The second-order valence-electron chi connectivity index (χ2n) is 9.23. The van der Waals surface area contributed by atoms with Crippen molar-refractivity contribution in [2.75, 3.05) is 37.7 Å². The summed E-state index contributed by atoms with van der Waals surface area (Å²) < 4.78 is 24.6. The monoisotopic (exact) mass is 526 g/mol. The molecular weight excluding hydrogens is 488 g/mol. The number of aromatic hydroxyl groups is 3. The zero-order valence-electron chi connectivity index (χ0n) is 21.2. The Bertz CT molecular complexity index is 1220. The van der Waals surface area contributed by atoms with Gasteiger partial charge in [-0.3, -0.25) is 0 Å². The van der Waals surface area contributed by atoms with Crippen molar-refractivity contribution in [3.8, 4) is 17.2 Å². The van der Waals surface area contributed by atoms with E-state index in [-0.39, 0.29) is 28.8 Å². The Morgan fingerprint density at radius 3 is 2.16 bits per heavy atom. The van der Waals surface area contributed by atoms with Crippen LogP contribution in [0.25, 0.3) is 0 Å². The maximum Gasteiger partial charge on any atom is 0.160 e. The van der Waals surface area contributed by atoms with Crippen molar-refractivity contribution in [3.05, 3.63) is 89.0 Å². The summed E-state index contributed by atoms with van der Waals surface area (Å²) in [5, 5.41) is 36.5. The number of phenolic OH excluding ortho intramolecular Hbond substituents is 3. The van der Waals surface area contributed by atoms with Crippen molar-refractivity contribution in [2.24, 2.45) is 0 Å². The van der Waals surface area contributed by atoms with E-state index in [4.69, 9.17) is 0 Å². The Hall–Kier alpha value is -3.07. The molecule has 0 saturated carbocycles. The van der Waals surface area contributed by atoms with Gasteiger partial charge in [0.25, 0.3) is 0 Å². The Morgan fingerprint density at radius 1 is 0.649 bits per heavy atom. The minimum Gasteiger partial charge on any atom is -0.508 e.